The van der Waals surface area contributed by atoms with E-state index in [9.17, 15) is 14.7 Å². The van der Waals surface area contributed by atoms with Crippen LogP contribution >= 0.6 is 0 Å². The summed E-state index contributed by atoms with van der Waals surface area (Å²) in [5.74, 6) is 0.485. The van der Waals surface area contributed by atoms with Crippen LogP contribution in [-0.4, -0.2) is 60.1 Å². The van der Waals surface area contributed by atoms with Crippen molar-refractivity contribution >= 4 is 28.3 Å². The summed E-state index contributed by atoms with van der Waals surface area (Å²) >= 11 is 0. The Balaban J connectivity index is 1.45. The number of anilines is 1. The standard InChI is InChI=1S/C37H43N3O4/c1-4-34(41)27-12-8-9-25(21-27)24-44-29-14-16-31-32(23-29)39(18-17-38(2)3)19-20-40-33-22-28(37(42)43)13-15-30(33)35(36(31)40)26-10-6-5-7-11-26/h8-9,12-16,21-23,26H,4-7,10-11,17-20,24H2,1-3H3,(H,42,43). The highest BCUT2D eigenvalue weighted by Gasteiger charge is 2.31. The minimum Gasteiger partial charge on any atom is -0.489 e. The molecule has 44 heavy (non-hydrogen) atoms. The number of rotatable bonds is 10. The molecular weight excluding hydrogens is 550 g/mol. The van der Waals surface area contributed by atoms with Crippen molar-refractivity contribution in [2.45, 2.75) is 64.5 Å². The van der Waals surface area contributed by atoms with Crippen molar-refractivity contribution in [3.05, 3.63) is 82.9 Å². The van der Waals surface area contributed by atoms with E-state index in [0.29, 0.717) is 24.5 Å². The van der Waals surface area contributed by atoms with Crippen molar-refractivity contribution in [2.24, 2.45) is 0 Å². The molecule has 1 aromatic heterocycles. The summed E-state index contributed by atoms with van der Waals surface area (Å²) in [6.07, 6.45) is 6.53. The highest BCUT2D eigenvalue weighted by atomic mass is 16.5. The Hall–Kier alpha value is -4.10. The van der Waals surface area contributed by atoms with E-state index in [-0.39, 0.29) is 5.78 Å². The van der Waals surface area contributed by atoms with E-state index >= 15 is 0 Å². The number of carbonyl (C=O) groups is 2. The van der Waals surface area contributed by atoms with Crippen LogP contribution < -0.4 is 9.64 Å². The van der Waals surface area contributed by atoms with E-state index < -0.39 is 5.97 Å². The molecule has 0 saturated heterocycles. The van der Waals surface area contributed by atoms with E-state index in [1.807, 2.05) is 43.3 Å². The van der Waals surface area contributed by atoms with Gasteiger partial charge >= 0.3 is 5.97 Å². The van der Waals surface area contributed by atoms with Crippen LogP contribution in [0.1, 0.15) is 83.2 Å². The average molecular weight is 594 g/mol. The van der Waals surface area contributed by atoms with Crippen molar-refractivity contribution < 1.29 is 19.4 Å². The number of ketones is 1. The maximum absolute atomic E-state index is 12.3. The monoisotopic (exact) mass is 593 g/mol. The molecule has 4 aromatic rings. The highest BCUT2D eigenvalue weighted by Crippen LogP contribution is 2.48. The van der Waals surface area contributed by atoms with Gasteiger partial charge in [-0.25, -0.2) is 4.79 Å². The molecule has 1 saturated carbocycles. The van der Waals surface area contributed by atoms with Gasteiger partial charge in [0.05, 0.1) is 11.3 Å². The fourth-order valence-electron chi connectivity index (χ4n) is 7.00. The number of fused-ring (bicyclic) bond motifs is 5. The third-order valence-corrected chi connectivity index (χ3v) is 9.32. The molecule has 1 fully saturated rings. The molecule has 0 amide bonds. The second-order valence-electron chi connectivity index (χ2n) is 12.5. The number of carboxylic acids is 1. The Morgan fingerprint density at radius 2 is 1.77 bits per heavy atom. The van der Waals surface area contributed by atoms with Crippen LogP contribution in [0.15, 0.2) is 60.7 Å². The van der Waals surface area contributed by atoms with Crippen LogP contribution in [0.25, 0.3) is 22.2 Å². The number of nitrogens with zero attached hydrogens (tertiary/aromatic N) is 3. The van der Waals surface area contributed by atoms with Gasteiger partial charge in [-0.05, 0) is 74.3 Å². The summed E-state index contributed by atoms with van der Waals surface area (Å²) in [5, 5.41) is 11.0. The first-order valence-electron chi connectivity index (χ1n) is 16.0. The van der Waals surface area contributed by atoms with Crippen LogP contribution in [0.2, 0.25) is 0 Å². The predicted octanol–water partition coefficient (Wildman–Crippen LogP) is 7.61. The van der Waals surface area contributed by atoms with Crippen molar-refractivity contribution in [1.29, 1.82) is 0 Å². The smallest absolute Gasteiger partial charge is 0.335 e. The van der Waals surface area contributed by atoms with E-state index in [1.165, 1.54) is 41.5 Å². The lowest BCUT2D eigenvalue weighted by Crippen LogP contribution is -2.33. The molecule has 1 aliphatic heterocycles. The zero-order valence-corrected chi connectivity index (χ0v) is 26.1. The van der Waals surface area contributed by atoms with Crippen LogP contribution in [0.5, 0.6) is 5.75 Å². The summed E-state index contributed by atoms with van der Waals surface area (Å²) in [5.41, 5.74) is 7.97. The lowest BCUT2D eigenvalue weighted by molar-refractivity contribution is 0.0696. The van der Waals surface area contributed by atoms with Crippen LogP contribution in [0.3, 0.4) is 0 Å². The van der Waals surface area contributed by atoms with Crippen LogP contribution in [-0.2, 0) is 13.2 Å². The third kappa shape index (κ3) is 5.98. The van der Waals surface area contributed by atoms with Gasteiger partial charge < -0.3 is 24.2 Å². The molecule has 3 aromatic carbocycles. The summed E-state index contributed by atoms with van der Waals surface area (Å²) < 4.78 is 8.74. The number of carbonyl (C=O) groups excluding carboxylic acids is 1. The second kappa shape index (κ2) is 12.9. The quantitative estimate of drug-likeness (QED) is 0.191. The van der Waals surface area contributed by atoms with Gasteiger partial charge in [0.1, 0.15) is 12.4 Å². The fourth-order valence-corrected chi connectivity index (χ4v) is 7.00. The summed E-state index contributed by atoms with van der Waals surface area (Å²) in [6.45, 7) is 5.63. The summed E-state index contributed by atoms with van der Waals surface area (Å²) in [4.78, 5) is 28.9. The van der Waals surface area contributed by atoms with Crippen molar-refractivity contribution in [3.8, 4) is 17.0 Å². The van der Waals surface area contributed by atoms with Gasteiger partial charge in [-0.2, -0.15) is 0 Å². The zero-order valence-electron chi connectivity index (χ0n) is 26.1. The minimum atomic E-state index is -0.894. The Labute approximate surface area is 260 Å². The van der Waals surface area contributed by atoms with E-state index in [4.69, 9.17) is 4.74 Å². The number of hydrogen-bond acceptors (Lipinski definition) is 5. The maximum Gasteiger partial charge on any atom is 0.335 e. The molecular formula is C37H43N3O4. The lowest BCUT2D eigenvalue weighted by atomic mass is 9.81. The maximum atomic E-state index is 12.3. The molecule has 0 bridgehead atoms. The molecule has 2 aliphatic rings. The summed E-state index contributed by atoms with van der Waals surface area (Å²) in [7, 11) is 4.20. The average Bonchev–Trinajstić information content (AvgIpc) is 3.27. The number of Topliss-reactive ketones (excluding diaryl/α,β-unsaturated/α-hetero) is 1. The van der Waals surface area contributed by atoms with E-state index in [0.717, 1.165) is 67.1 Å². The number of ether oxygens (including phenoxy) is 1. The Bertz CT molecular complexity index is 1680. The Morgan fingerprint density at radius 1 is 0.955 bits per heavy atom. The molecule has 0 spiro atoms. The molecule has 0 radical (unpaired) electrons. The first-order valence-corrected chi connectivity index (χ1v) is 16.0. The third-order valence-electron chi connectivity index (χ3n) is 9.32. The van der Waals surface area contributed by atoms with E-state index in [2.05, 4.69) is 46.7 Å². The molecule has 0 atom stereocenters. The first kappa shape index (κ1) is 29.9. The number of carboxylic acid groups (broad SMARTS) is 1. The molecule has 230 valence electrons. The SMILES string of the molecule is CCC(=O)c1cccc(COc2ccc3c(c2)N(CCN(C)C)CCn2c-3c(C3CCCCC3)c3ccc(C(=O)O)cc32)c1. The van der Waals surface area contributed by atoms with Gasteiger partial charge in [0, 0.05) is 66.4 Å². The van der Waals surface area contributed by atoms with Gasteiger partial charge in [0.2, 0.25) is 0 Å². The number of aromatic carboxylic acids is 1. The number of benzene rings is 3. The Morgan fingerprint density at radius 3 is 2.52 bits per heavy atom. The lowest BCUT2D eigenvalue weighted by Gasteiger charge is -2.27. The molecule has 2 heterocycles. The molecule has 6 rings (SSSR count). The topological polar surface area (TPSA) is 75.0 Å². The molecule has 1 N–H and O–H groups in total. The normalized spacial score (nSPS) is 15.2. The Kier molecular flexibility index (Phi) is 8.76. The number of hydrogen-bond donors (Lipinski definition) is 1. The summed E-state index contributed by atoms with van der Waals surface area (Å²) in [6, 6.07) is 19.8. The van der Waals surface area contributed by atoms with Crippen LogP contribution in [0, 0.1) is 0 Å². The van der Waals surface area contributed by atoms with E-state index in [1.54, 1.807) is 6.07 Å². The largest absolute Gasteiger partial charge is 0.489 e. The van der Waals surface area contributed by atoms with Gasteiger partial charge in [-0.1, -0.05) is 50.5 Å². The molecule has 0 unspecified atom stereocenters. The van der Waals surface area contributed by atoms with Gasteiger partial charge in [-0.3, -0.25) is 4.79 Å². The van der Waals surface area contributed by atoms with Crippen LogP contribution in [0.4, 0.5) is 5.69 Å². The highest BCUT2D eigenvalue weighted by molar-refractivity contribution is 6.00. The minimum absolute atomic E-state index is 0.132. The van der Waals surface area contributed by atoms with Gasteiger partial charge in [0.25, 0.3) is 0 Å². The molecule has 7 heteroatoms. The molecule has 7 nitrogen and oxygen atoms in total. The van der Waals surface area contributed by atoms with Crippen molar-refractivity contribution in [3.63, 3.8) is 0 Å². The number of aromatic nitrogens is 1. The zero-order chi connectivity index (χ0) is 30.8. The van der Waals surface area contributed by atoms with Gasteiger partial charge in [-0.15, -0.1) is 0 Å². The van der Waals surface area contributed by atoms with Crippen molar-refractivity contribution in [2.75, 3.05) is 38.6 Å². The number of likely N-dealkylation sites (N-methyl/N-ethyl adjacent to an activating group) is 1. The predicted molar refractivity (Wildman–Crippen MR) is 176 cm³/mol. The van der Waals surface area contributed by atoms with Gasteiger partial charge in [0.15, 0.2) is 5.78 Å². The first-order chi connectivity index (χ1) is 21.3. The fraction of sp³-hybridized carbons (Fsp3) is 0.405. The second-order valence-corrected chi connectivity index (χ2v) is 12.5. The molecule has 1 aliphatic carbocycles. The van der Waals surface area contributed by atoms with Crippen molar-refractivity contribution in [1.82, 2.24) is 9.47 Å².